The van der Waals surface area contributed by atoms with Crippen LogP contribution in [-0.2, 0) is 10.1 Å². The Morgan fingerprint density at radius 3 is 1.75 bits per heavy atom. The van der Waals surface area contributed by atoms with E-state index in [0.717, 1.165) is 17.9 Å². The van der Waals surface area contributed by atoms with Crippen LogP contribution in [0.2, 0.25) is 0 Å². The molecule has 0 unspecified atom stereocenters. The minimum Gasteiger partial charge on any atom is -0.351 e. The standard InChI is InChI=1S/C9H6I5NO4S/c10-4-3(5(11)7(13)8(14)6(4)12)9(16)15-1-2-20(17,18)19/h1-2H2,(H,15,16)(H,17,18,19). The fraction of sp³-hybridized carbons (Fsp3) is 0.222. The maximum absolute atomic E-state index is 12.2. The molecule has 20 heavy (non-hydrogen) atoms. The van der Waals surface area contributed by atoms with Gasteiger partial charge in [-0.2, -0.15) is 8.42 Å². The molecule has 1 rings (SSSR count). The van der Waals surface area contributed by atoms with Crippen LogP contribution in [0.4, 0.5) is 0 Å². The monoisotopic (exact) mass is 859 g/mol. The Morgan fingerprint density at radius 2 is 1.35 bits per heavy atom. The maximum Gasteiger partial charge on any atom is 0.266 e. The molecule has 0 saturated heterocycles. The topological polar surface area (TPSA) is 83.5 Å². The fourth-order valence-corrected chi connectivity index (χ4v) is 6.80. The van der Waals surface area contributed by atoms with Crippen LogP contribution in [0.1, 0.15) is 10.4 Å². The van der Waals surface area contributed by atoms with Crippen LogP contribution in [0.15, 0.2) is 0 Å². The molecule has 1 amide bonds. The van der Waals surface area contributed by atoms with Gasteiger partial charge < -0.3 is 5.32 Å². The van der Waals surface area contributed by atoms with Crippen LogP contribution >= 0.6 is 113 Å². The summed E-state index contributed by atoms with van der Waals surface area (Å²) in [5, 5.41) is 2.51. The molecule has 2 N–H and O–H groups in total. The summed E-state index contributed by atoms with van der Waals surface area (Å²) >= 11 is 10.8. The zero-order chi connectivity index (χ0) is 15.7. The number of carbonyl (C=O) groups excluding carboxylic acids is 1. The number of nitrogens with one attached hydrogen (secondary N) is 1. The van der Waals surface area contributed by atoms with Crippen molar-refractivity contribution in [2.45, 2.75) is 0 Å². The summed E-state index contributed by atoms with van der Waals surface area (Å²) in [6.45, 7) is -0.122. The van der Waals surface area contributed by atoms with E-state index in [1.54, 1.807) is 0 Å². The molecule has 0 radical (unpaired) electrons. The largest absolute Gasteiger partial charge is 0.351 e. The molecule has 112 valence electrons. The second-order valence-corrected chi connectivity index (χ2v) is 10.5. The molecule has 0 aliphatic carbocycles. The molecular weight excluding hydrogens is 853 g/mol. The van der Waals surface area contributed by atoms with E-state index in [-0.39, 0.29) is 12.5 Å². The van der Waals surface area contributed by atoms with E-state index in [1.165, 1.54) is 0 Å². The molecule has 1 aromatic rings. The van der Waals surface area contributed by atoms with Gasteiger partial charge >= 0.3 is 0 Å². The highest BCUT2D eigenvalue weighted by molar-refractivity contribution is 14.1. The predicted octanol–water partition coefficient (Wildman–Crippen LogP) is 3.33. The van der Waals surface area contributed by atoms with Gasteiger partial charge in [0, 0.05) is 24.4 Å². The van der Waals surface area contributed by atoms with Crippen LogP contribution in [0, 0.1) is 17.9 Å². The summed E-state index contributed by atoms with van der Waals surface area (Å²) in [5.74, 6) is -0.834. The van der Waals surface area contributed by atoms with Gasteiger partial charge in [0.15, 0.2) is 0 Å². The fourth-order valence-electron chi connectivity index (χ4n) is 1.19. The third-order valence-electron chi connectivity index (χ3n) is 2.08. The van der Waals surface area contributed by atoms with E-state index in [2.05, 4.69) is 118 Å². The number of hydrogen-bond donors (Lipinski definition) is 2. The van der Waals surface area contributed by atoms with Crippen molar-refractivity contribution < 1.29 is 17.8 Å². The van der Waals surface area contributed by atoms with Gasteiger partial charge in [-0.1, -0.05) is 0 Å². The Balaban J connectivity index is 3.06. The van der Waals surface area contributed by atoms with Crippen molar-refractivity contribution in [3.8, 4) is 0 Å². The average molecular weight is 859 g/mol. The molecule has 0 bridgehead atoms. The number of carbonyl (C=O) groups is 1. The van der Waals surface area contributed by atoms with Crippen LogP contribution < -0.4 is 5.32 Å². The molecule has 11 heteroatoms. The molecule has 0 atom stereocenters. The van der Waals surface area contributed by atoms with Gasteiger partial charge in [-0.3, -0.25) is 9.35 Å². The molecule has 1 aromatic carbocycles. The van der Waals surface area contributed by atoms with Crippen molar-refractivity contribution in [2.75, 3.05) is 12.3 Å². The number of halogens is 5. The van der Waals surface area contributed by atoms with Gasteiger partial charge in [-0.05, 0) is 113 Å². The van der Waals surface area contributed by atoms with Crippen LogP contribution in [-0.4, -0.2) is 31.2 Å². The molecule has 0 aliphatic rings. The van der Waals surface area contributed by atoms with E-state index in [1.807, 2.05) is 0 Å². The molecule has 0 spiro atoms. The summed E-state index contributed by atoms with van der Waals surface area (Å²) in [6.07, 6.45) is 0. The summed E-state index contributed by atoms with van der Waals surface area (Å²) in [6, 6.07) is 0. The second kappa shape index (κ2) is 8.38. The van der Waals surface area contributed by atoms with Crippen LogP contribution in [0.25, 0.3) is 0 Å². The number of benzene rings is 1. The van der Waals surface area contributed by atoms with E-state index < -0.39 is 15.9 Å². The van der Waals surface area contributed by atoms with E-state index >= 15 is 0 Å². The number of amides is 1. The number of hydrogen-bond acceptors (Lipinski definition) is 3. The average Bonchev–Trinajstić information content (AvgIpc) is 2.32. The lowest BCUT2D eigenvalue weighted by molar-refractivity contribution is 0.0954. The third-order valence-corrected chi connectivity index (χ3v) is 12.3. The van der Waals surface area contributed by atoms with Crippen molar-refractivity contribution in [1.29, 1.82) is 0 Å². The molecule has 0 saturated carbocycles. The van der Waals surface area contributed by atoms with E-state index in [4.69, 9.17) is 4.55 Å². The molecule has 0 fully saturated rings. The van der Waals surface area contributed by atoms with E-state index in [9.17, 15) is 13.2 Å². The van der Waals surface area contributed by atoms with Gasteiger partial charge in [-0.15, -0.1) is 0 Å². The van der Waals surface area contributed by atoms with Gasteiger partial charge in [0.05, 0.1) is 11.3 Å². The summed E-state index contributed by atoms with van der Waals surface area (Å²) < 4.78 is 34.7. The predicted molar refractivity (Wildman–Crippen MR) is 119 cm³/mol. The molecular formula is C9H6I5NO4S. The van der Waals surface area contributed by atoms with E-state index in [0.29, 0.717) is 5.56 Å². The lowest BCUT2D eigenvalue weighted by Gasteiger charge is -2.13. The quantitative estimate of drug-likeness (QED) is 0.211. The first-order chi connectivity index (χ1) is 9.06. The highest BCUT2D eigenvalue weighted by Gasteiger charge is 2.22. The van der Waals surface area contributed by atoms with Gasteiger partial charge in [0.2, 0.25) is 0 Å². The second-order valence-electron chi connectivity index (χ2n) is 3.49. The number of rotatable bonds is 4. The molecule has 0 aliphatic heterocycles. The molecule has 5 nitrogen and oxygen atoms in total. The first kappa shape index (κ1) is 20.3. The van der Waals surface area contributed by atoms with Crippen molar-refractivity contribution in [2.24, 2.45) is 0 Å². The van der Waals surface area contributed by atoms with Crippen molar-refractivity contribution in [3.63, 3.8) is 0 Å². The molecule has 0 aromatic heterocycles. The Kier molecular flexibility index (Phi) is 8.50. The first-order valence-electron chi connectivity index (χ1n) is 4.81. The lowest BCUT2D eigenvalue weighted by Crippen LogP contribution is -2.30. The zero-order valence-corrected chi connectivity index (χ0v) is 21.0. The lowest BCUT2D eigenvalue weighted by atomic mass is 10.2. The Labute approximate surface area is 184 Å². The zero-order valence-electron chi connectivity index (χ0n) is 9.38. The van der Waals surface area contributed by atoms with Gasteiger partial charge in [-0.25, -0.2) is 0 Å². The summed E-state index contributed by atoms with van der Waals surface area (Å²) in [5.41, 5.74) is 0.538. The Bertz CT molecular complexity index is 632. The van der Waals surface area contributed by atoms with Crippen molar-refractivity contribution in [1.82, 2.24) is 5.32 Å². The van der Waals surface area contributed by atoms with Crippen molar-refractivity contribution in [3.05, 3.63) is 23.4 Å². The first-order valence-corrected chi connectivity index (χ1v) is 11.8. The smallest absolute Gasteiger partial charge is 0.266 e. The minimum atomic E-state index is -4.07. The Morgan fingerprint density at radius 1 is 0.950 bits per heavy atom. The van der Waals surface area contributed by atoms with Crippen molar-refractivity contribution >= 4 is 129 Å². The highest BCUT2D eigenvalue weighted by Crippen LogP contribution is 2.33. The Hall–Kier alpha value is 2.25. The summed E-state index contributed by atoms with van der Waals surface area (Å²) in [7, 11) is -4.07. The van der Waals surface area contributed by atoms with Crippen LogP contribution in [0.3, 0.4) is 0 Å². The van der Waals surface area contributed by atoms with Crippen LogP contribution in [0.5, 0.6) is 0 Å². The minimum absolute atomic E-state index is 0.122. The maximum atomic E-state index is 12.2. The third kappa shape index (κ3) is 5.41. The van der Waals surface area contributed by atoms with Gasteiger partial charge in [0.25, 0.3) is 16.0 Å². The highest BCUT2D eigenvalue weighted by atomic mass is 127. The normalized spacial score (nSPS) is 11.5. The van der Waals surface area contributed by atoms with Gasteiger partial charge in [0.1, 0.15) is 0 Å². The summed E-state index contributed by atoms with van der Waals surface area (Å²) in [4.78, 5) is 12.2. The molecule has 0 heterocycles. The SMILES string of the molecule is O=C(NCCS(=O)(=O)O)c1c(I)c(I)c(I)c(I)c1I.